The van der Waals surface area contributed by atoms with Crippen molar-refractivity contribution < 1.29 is 22.8 Å². The second-order valence-corrected chi connectivity index (χ2v) is 8.51. The Morgan fingerprint density at radius 1 is 1.23 bits per heavy atom. The molecule has 1 aromatic heterocycles. The van der Waals surface area contributed by atoms with Crippen molar-refractivity contribution in [3.63, 3.8) is 0 Å². The van der Waals surface area contributed by atoms with Gasteiger partial charge in [-0.2, -0.15) is 13.2 Å². The highest BCUT2D eigenvalue weighted by atomic mass is 35.5. The van der Waals surface area contributed by atoms with E-state index in [0.717, 1.165) is 4.90 Å². The van der Waals surface area contributed by atoms with E-state index in [-0.39, 0.29) is 36.4 Å². The molecule has 3 heterocycles. The van der Waals surface area contributed by atoms with Crippen molar-refractivity contribution in [2.24, 2.45) is 5.92 Å². The molecule has 3 rings (SSSR count). The highest BCUT2D eigenvalue weighted by Gasteiger charge is 2.44. The van der Waals surface area contributed by atoms with Gasteiger partial charge >= 0.3 is 18.1 Å². The van der Waals surface area contributed by atoms with Crippen LogP contribution < -0.4 is 10.2 Å². The molecule has 31 heavy (non-hydrogen) atoms. The third kappa shape index (κ3) is 5.69. The molecule has 8 nitrogen and oxygen atoms in total. The summed E-state index contributed by atoms with van der Waals surface area (Å²) in [7, 11) is 0. The molecule has 2 aliphatic rings. The van der Waals surface area contributed by atoms with Crippen LogP contribution in [-0.4, -0.2) is 82.7 Å². The van der Waals surface area contributed by atoms with Crippen molar-refractivity contribution in [3.8, 4) is 0 Å². The van der Waals surface area contributed by atoms with Gasteiger partial charge in [-0.25, -0.2) is 14.8 Å². The zero-order valence-electron chi connectivity index (χ0n) is 17.4. The van der Waals surface area contributed by atoms with Crippen LogP contribution in [0.25, 0.3) is 0 Å². The van der Waals surface area contributed by atoms with Crippen molar-refractivity contribution >= 4 is 29.4 Å². The standard InChI is InChI=1S/C19H26ClF3N6O2/c1-12(2)14-11-27(15-5-6-24-17(20)26-15)8-9-29(14)18(31)25-13-4-3-7-28(10-13)16(30)19(21,22)23/h5-6,12-14H,3-4,7-11H2,1-2H3,(H,25,31). The van der Waals surface area contributed by atoms with E-state index in [4.69, 9.17) is 11.6 Å². The van der Waals surface area contributed by atoms with Crippen LogP contribution >= 0.6 is 11.6 Å². The molecule has 2 atom stereocenters. The Hall–Kier alpha value is -2.30. The summed E-state index contributed by atoms with van der Waals surface area (Å²) >= 11 is 5.89. The maximum absolute atomic E-state index is 13.0. The number of amides is 3. The summed E-state index contributed by atoms with van der Waals surface area (Å²) in [5, 5.41) is 2.98. The van der Waals surface area contributed by atoms with E-state index in [2.05, 4.69) is 15.3 Å². The number of likely N-dealkylation sites (tertiary alicyclic amines) is 1. The normalized spacial score (nSPS) is 22.6. The number of halogens is 4. The predicted octanol–water partition coefficient (Wildman–Crippen LogP) is 2.54. The Morgan fingerprint density at radius 2 is 1.97 bits per heavy atom. The number of aromatic nitrogens is 2. The number of nitrogens with zero attached hydrogens (tertiary/aromatic N) is 5. The second kappa shape index (κ2) is 9.46. The second-order valence-electron chi connectivity index (χ2n) is 8.17. The van der Waals surface area contributed by atoms with Gasteiger partial charge in [0, 0.05) is 45.0 Å². The van der Waals surface area contributed by atoms with Gasteiger partial charge < -0.3 is 20.0 Å². The number of anilines is 1. The van der Waals surface area contributed by atoms with Gasteiger partial charge in [-0.3, -0.25) is 4.79 Å². The molecule has 0 aromatic carbocycles. The monoisotopic (exact) mass is 462 g/mol. The summed E-state index contributed by atoms with van der Waals surface area (Å²) in [5.41, 5.74) is 0. The van der Waals surface area contributed by atoms with Crippen LogP contribution in [0.2, 0.25) is 5.28 Å². The molecule has 1 N–H and O–H groups in total. The molecule has 0 radical (unpaired) electrons. The van der Waals surface area contributed by atoms with E-state index in [0.29, 0.717) is 38.3 Å². The smallest absolute Gasteiger partial charge is 0.353 e. The molecule has 2 unspecified atom stereocenters. The largest absolute Gasteiger partial charge is 0.471 e. The average molecular weight is 463 g/mol. The Bertz CT molecular complexity index is 809. The molecule has 2 saturated heterocycles. The third-order valence-electron chi connectivity index (χ3n) is 5.66. The summed E-state index contributed by atoms with van der Waals surface area (Å²) in [6.45, 7) is 5.41. The number of piperazine rings is 1. The summed E-state index contributed by atoms with van der Waals surface area (Å²) in [4.78, 5) is 37.2. The van der Waals surface area contributed by atoms with Gasteiger partial charge in [0.15, 0.2) is 0 Å². The number of alkyl halides is 3. The molecule has 0 aliphatic carbocycles. The number of carbonyl (C=O) groups excluding carboxylic acids is 2. The van der Waals surface area contributed by atoms with Crippen LogP contribution in [0.3, 0.4) is 0 Å². The summed E-state index contributed by atoms with van der Waals surface area (Å²) in [6.07, 6.45) is -2.40. The van der Waals surface area contributed by atoms with E-state index in [1.165, 1.54) is 0 Å². The van der Waals surface area contributed by atoms with Gasteiger partial charge in [-0.05, 0) is 36.4 Å². The molecule has 12 heteroatoms. The van der Waals surface area contributed by atoms with Gasteiger partial charge in [-0.15, -0.1) is 0 Å². The third-order valence-corrected chi connectivity index (χ3v) is 5.85. The molecule has 0 spiro atoms. The number of hydrogen-bond donors (Lipinski definition) is 1. The minimum atomic E-state index is -4.91. The van der Waals surface area contributed by atoms with E-state index >= 15 is 0 Å². The molecule has 2 fully saturated rings. The molecule has 1 aromatic rings. The van der Waals surface area contributed by atoms with E-state index in [9.17, 15) is 22.8 Å². The maximum atomic E-state index is 13.0. The first-order valence-electron chi connectivity index (χ1n) is 10.2. The fourth-order valence-corrected chi connectivity index (χ4v) is 4.20. The SMILES string of the molecule is CC(C)C1CN(c2ccnc(Cl)n2)CCN1C(=O)NC1CCCN(C(=O)C(F)(F)F)C1. The Balaban J connectivity index is 1.63. The fourth-order valence-electron chi connectivity index (χ4n) is 4.06. The molecule has 2 aliphatic heterocycles. The van der Waals surface area contributed by atoms with Crippen LogP contribution in [0.15, 0.2) is 12.3 Å². The molecular formula is C19H26ClF3N6O2. The van der Waals surface area contributed by atoms with Crippen molar-refractivity contribution in [1.29, 1.82) is 0 Å². The predicted molar refractivity (Wildman–Crippen MR) is 109 cm³/mol. The summed E-state index contributed by atoms with van der Waals surface area (Å²) < 4.78 is 38.2. The topological polar surface area (TPSA) is 81.7 Å². The van der Waals surface area contributed by atoms with Crippen molar-refractivity contribution in [1.82, 2.24) is 25.1 Å². The highest BCUT2D eigenvalue weighted by molar-refractivity contribution is 6.28. The van der Waals surface area contributed by atoms with Crippen molar-refractivity contribution in [2.45, 2.75) is 44.9 Å². The first kappa shape index (κ1) is 23.4. The van der Waals surface area contributed by atoms with Gasteiger partial charge in [0.05, 0.1) is 6.04 Å². The highest BCUT2D eigenvalue weighted by Crippen LogP contribution is 2.24. The maximum Gasteiger partial charge on any atom is 0.471 e. The van der Waals surface area contributed by atoms with Gasteiger partial charge in [0.1, 0.15) is 5.82 Å². The average Bonchev–Trinajstić information content (AvgIpc) is 2.72. The first-order chi connectivity index (χ1) is 14.6. The number of rotatable bonds is 3. The Morgan fingerprint density at radius 3 is 2.61 bits per heavy atom. The van der Waals surface area contributed by atoms with E-state index in [1.54, 1.807) is 17.2 Å². The van der Waals surface area contributed by atoms with E-state index in [1.807, 2.05) is 18.7 Å². The Kier molecular flexibility index (Phi) is 7.13. The van der Waals surface area contributed by atoms with Crippen molar-refractivity contribution in [3.05, 3.63) is 17.5 Å². The summed E-state index contributed by atoms with van der Waals surface area (Å²) in [6, 6.07) is 0.788. The molecular weight excluding hydrogens is 437 g/mol. The van der Waals surface area contributed by atoms with E-state index < -0.39 is 18.1 Å². The van der Waals surface area contributed by atoms with Crippen LogP contribution in [0.5, 0.6) is 0 Å². The number of carbonyl (C=O) groups is 2. The number of nitrogens with one attached hydrogen (secondary N) is 1. The number of hydrogen-bond acceptors (Lipinski definition) is 5. The first-order valence-corrected chi connectivity index (χ1v) is 10.6. The minimum Gasteiger partial charge on any atom is -0.353 e. The zero-order chi connectivity index (χ0) is 22.8. The van der Waals surface area contributed by atoms with Crippen LogP contribution in [0, 0.1) is 5.92 Å². The lowest BCUT2D eigenvalue weighted by Crippen LogP contribution is -2.62. The molecule has 172 valence electrons. The molecule has 3 amide bonds. The molecule has 0 bridgehead atoms. The van der Waals surface area contributed by atoms with Crippen molar-refractivity contribution in [2.75, 3.05) is 37.6 Å². The lowest BCUT2D eigenvalue weighted by Gasteiger charge is -2.44. The zero-order valence-corrected chi connectivity index (χ0v) is 18.2. The molecule has 0 saturated carbocycles. The summed E-state index contributed by atoms with van der Waals surface area (Å²) in [5.74, 6) is -1.04. The lowest BCUT2D eigenvalue weighted by atomic mass is 9.99. The minimum absolute atomic E-state index is 0.0412. The fraction of sp³-hybridized carbons (Fsp3) is 0.684. The van der Waals surface area contributed by atoms with Crippen LogP contribution in [0.1, 0.15) is 26.7 Å². The van der Waals surface area contributed by atoms with Gasteiger partial charge in [-0.1, -0.05) is 13.8 Å². The lowest BCUT2D eigenvalue weighted by molar-refractivity contribution is -0.186. The number of piperidine rings is 1. The van der Waals surface area contributed by atoms with Gasteiger partial charge in [0.25, 0.3) is 0 Å². The number of urea groups is 1. The van der Waals surface area contributed by atoms with Gasteiger partial charge in [0.2, 0.25) is 5.28 Å². The van der Waals surface area contributed by atoms with Crippen LogP contribution in [0.4, 0.5) is 23.8 Å². The van der Waals surface area contributed by atoms with Crippen LogP contribution in [-0.2, 0) is 4.79 Å². The quantitative estimate of drug-likeness (QED) is 0.698. The Labute approximate surface area is 183 Å².